The first-order valence-electron chi connectivity index (χ1n) is 3.38. The van der Waals surface area contributed by atoms with Crippen molar-refractivity contribution in [2.24, 2.45) is 0 Å². The van der Waals surface area contributed by atoms with Crippen molar-refractivity contribution in [3.8, 4) is 5.75 Å². The highest BCUT2D eigenvalue weighted by atomic mass is 16.5. The Bertz CT molecular complexity index is 315. The maximum atomic E-state index is 10.3. The summed E-state index contributed by atoms with van der Waals surface area (Å²) in [4.78, 5) is 13.3. The molecule has 1 aromatic carbocycles. The van der Waals surface area contributed by atoms with Crippen LogP contribution in [0.4, 0.5) is 0 Å². The molecule has 0 saturated carbocycles. The molecule has 3 nitrogen and oxygen atoms in total. The van der Waals surface area contributed by atoms with Gasteiger partial charge in [0.1, 0.15) is 12.0 Å². The molecule has 0 heterocycles. The second-order valence-electron chi connectivity index (χ2n) is 2.12. The summed E-state index contributed by atoms with van der Waals surface area (Å²) in [6.07, 6.45) is 0.741. The molecule has 12 heavy (non-hydrogen) atoms. The second-order valence-corrected chi connectivity index (χ2v) is 2.12. The van der Waals surface area contributed by atoms with Gasteiger partial charge in [-0.15, -0.1) is 0 Å². The van der Waals surface area contributed by atoms with Crippen LogP contribution in [-0.2, 0) is 0 Å². The number of hydrogen-bond acceptors (Lipinski definition) is 2. The van der Waals surface area contributed by atoms with E-state index in [0.717, 1.165) is 6.29 Å². The molecule has 0 spiro atoms. The lowest BCUT2D eigenvalue weighted by Gasteiger charge is -1.98. The van der Waals surface area contributed by atoms with E-state index in [9.17, 15) is 4.79 Å². The van der Waals surface area contributed by atoms with Gasteiger partial charge in [-0.05, 0) is 12.1 Å². The number of carbonyl (C=O) groups excluding carboxylic acids is 1. The Kier molecular flexibility index (Phi) is 2.86. The Morgan fingerprint density at radius 2 is 2.42 bits per heavy atom. The number of rotatable bonds is 3. The van der Waals surface area contributed by atoms with Gasteiger partial charge in [-0.2, -0.15) is 0 Å². The normalized spacial score (nSPS) is 8.58. The molecule has 0 radical (unpaired) electrons. The molecule has 0 N–H and O–H groups in total. The molecule has 0 aromatic heterocycles. The number of aldehydes is 1. The van der Waals surface area contributed by atoms with Crippen LogP contribution in [0.15, 0.2) is 24.3 Å². The maximum Gasteiger partial charge on any atom is 0.357 e. The lowest BCUT2D eigenvalue weighted by atomic mass is 10.2. The average molecular weight is 161 g/mol. The minimum Gasteiger partial charge on any atom is -0.426 e. The molecular weight excluding hydrogens is 154 g/mol. The van der Waals surface area contributed by atoms with Gasteiger partial charge in [0, 0.05) is 5.56 Å². The Morgan fingerprint density at radius 3 is 3.08 bits per heavy atom. The predicted molar refractivity (Wildman–Crippen MR) is 43.9 cm³/mol. The minimum absolute atomic E-state index is 0.0116. The van der Waals surface area contributed by atoms with Crippen molar-refractivity contribution in [3.05, 3.63) is 41.2 Å². The predicted octanol–water partition coefficient (Wildman–Crippen LogP) is 1.75. The summed E-state index contributed by atoms with van der Waals surface area (Å²) in [5.74, 6) is 0.551. The molecule has 0 aliphatic carbocycles. The zero-order chi connectivity index (χ0) is 8.81. The highest BCUT2D eigenvalue weighted by molar-refractivity contribution is 5.75. The fourth-order valence-electron chi connectivity index (χ4n) is 0.784. The van der Waals surface area contributed by atoms with Crippen molar-refractivity contribution in [2.45, 2.75) is 0 Å². The highest BCUT2D eigenvalue weighted by Gasteiger charge is 1.95. The van der Waals surface area contributed by atoms with Gasteiger partial charge in [0.25, 0.3) is 0 Å². The van der Waals surface area contributed by atoms with Crippen molar-refractivity contribution in [3.63, 3.8) is 0 Å². The molecule has 0 amide bonds. The van der Waals surface area contributed by atoms with Crippen LogP contribution in [0.1, 0.15) is 10.4 Å². The maximum absolute atomic E-state index is 10.3. The van der Waals surface area contributed by atoms with Crippen LogP contribution in [0.5, 0.6) is 5.75 Å². The SMILES string of the molecule is [C-]#[N+]COc1cccc(C=O)c1. The molecule has 0 atom stereocenters. The standard InChI is InChI=1S/C9H7NO2/c1-10-7-12-9-4-2-3-8(5-9)6-11/h2-6H,7H2. The van der Waals surface area contributed by atoms with Gasteiger partial charge in [-0.3, -0.25) is 9.64 Å². The summed E-state index contributed by atoms with van der Waals surface area (Å²) >= 11 is 0. The van der Waals surface area contributed by atoms with Crippen LogP contribution in [0, 0.1) is 6.57 Å². The Labute approximate surface area is 70.4 Å². The van der Waals surface area contributed by atoms with E-state index in [1.54, 1.807) is 24.3 Å². The van der Waals surface area contributed by atoms with E-state index < -0.39 is 0 Å². The van der Waals surface area contributed by atoms with Crippen LogP contribution < -0.4 is 4.74 Å². The molecule has 1 rings (SSSR count). The van der Waals surface area contributed by atoms with Crippen LogP contribution in [0.2, 0.25) is 0 Å². The zero-order valence-corrected chi connectivity index (χ0v) is 6.36. The lowest BCUT2D eigenvalue weighted by Crippen LogP contribution is -1.91. The number of hydrogen-bond donors (Lipinski definition) is 0. The van der Waals surface area contributed by atoms with Crippen LogP contribution >= 0.6 is 0 Å². The Hall–Kier alpha value is -1.82. The molecule has 0 aliphatic rings. The Balaban J connectivity index is 2.74. The number of nitrogens with zero attached hydrogens (tertiary/aromatic N) is 1. The van der Waals surface area contributed by atoms with Gasteiger partial charge in [-0.1, -0.05) is 12.1 Å². The van der Waals surface area contributed by atoms with E-state index >= 15 is 0 Å². The first kappa shape index (κ1) is 8.28. The summed E-state index contributed by atoms with van der Waals surface area (Å²) in [5.41, 5.74) is 0.553. The third kappa shape index (κ3) is 2.10. The molecule has 1 aromatic rings. The number of carbonyl (C=O) groups is 1. The molecule has 0 saturated heterocycles. The Morgan fingerprint density at radius 1 is 1.58 bits per heavy atom. The summed E-state index contributed by atoms with van der Waals surface area (Å²) in [6.45, 7) is 6.47. The van der Waals surface area contributed by atoms with Gasteiger partial charge in [0.2, 0.25) is 0 Å². The molecule has 60 valence electrons. The first-order valence-corrected chi connectivity index (χ1v) is 3.38. The summed E-state index contributed by atoms with van der Waals surface area (Å²) in [5, 5.41) is 0. The van der Waals surface area contributed by atoms with Crippen molar-refractivity contribution in [2.75, 3.05) is 6.73 Å². The van der Waals surface area contributed by atoms with Gasteiger partial charge < -0.3 is 4.74 Å². The molecular formula is C9H7NO2. The average Bonchev–Trinajstić information content (AvgIpc) is 2.15. The molecule has 0 aliphatic heterocycles. The number of ether oxygens (including phenoxy) is 1. The molecule has 0 fully saturated rings. The van der Waals surface area contributed by atoms with E-state index in [2.05, 4.69) is 4.85 Å². The summed E-state index contributed by atoms with van der Waals surface area (Å²) < 4.78 is 4.98. The van der Waals surface area contributed by atoms with Gasteiger partial charge in [0.15, 0.2) is 0 Å². The van der Waals surface area contributed by atoms with E-state index in [0.29, 0.717) is 11.3 Å². The topological polar surface area (TPSA) is 30.7 Å². The van der Waals surface area contributed by atoms with Crippen molar-refractivity contribution < 1.29 is 9.53 Å². The van der Waals surface area contributed by atoms with E-state index in [4.69, 9.17) is 11.3 Å². The van der Waals surface area contributed by atoms with Gasteiger partial charge >= 0.3 is 6.73 Å². The van der Waals surface area contributed by atoms with Crippen molar-refractivity contribution in [1.82, 2.24) is 0 Å². The van der Waals surface area contributed by atoms with Crippen molar-refractivity contribution >= 4 is 6.29 Å². The van der Waals surface area contributed by atoms with Crippen molar-refractivity contribution in [1.29, 1.82) is 0 Å². The lowest BCUT2D eigenvalue weighted by molar-refractivity contribution is 0.112. The van der Waals surface area contributed by atoms with E-state index in [1.807, 2.05) is 0 Å². The van der Waals surface area contributed by atoms with Gasteiger partial charge in [0.05, 0.1) is 0 Å². The van der Waals surface area contributed by atoms with E-state index in [-0.39, 0.29) is 6.73 Å². The van der Waals surface area contributed by atoms with Crippen LogP contribution in [0.25, 0.3) is 4.85 Å². The largest absolute Gasteiger partial charge is 0.426 e. The minimum atomic E-state index is -0.0116. The molecule has 3 heteroatoms. The summed E-state index contributed by atoms with van der Waals surface area (Å²) in [6, 6.07) is 6.69. The molecule has 0 unspecified atom stereocenters. The third-order valence-corrected chi connectivity index (χ3v) is 1.29. The van der Waals surface area contributed by atoms with Crippen LogP contribution in [-0.4, -0.2) is 13.0 Å². The first-order chi connectivity index (χ1) is 5.86. The van der Waals surface area contributed by atoms with E-state index in [1.165, 1.54) is 0 Å². The third-order valence-electron chi connectivity index (χ3n) is 1.29. The highest BCUT2D eigenvalue weighted by Crippen LogP contribution is 2.11. The van der Waals surface area contributed by atoms with Crippen LogP contribution in [0.3, 0.4) is 0 Å². The zero-order valence-electron chi connectivity index (χ0n) is 6.36. The monoisotopic (exact) mass is 161 g/mol. The quantitative estimate of drug-likeness (QED) is 0.499. The fraction of sp³-hybridized carbons (Fsp3) is 0.111. The fourth-order valence-corrected chi connectivity index (χ4v) is 0.784. The summed E-state index contributed by atoms with van der Waals surface area (Å²) in [7, 11) is 0. The molecule has 0 bridgehead atoms. The second kappa shape index (κ2) is 4.14. The number of benzene rings is 1. The smallest absolute Gasteiger partial charge is 0.357 e. The van der Waals surface area contributed by atoms with Gasteiger partial charge in [-0.25, -0.2) is 6.57 Å².